The van der Waals surface area contributed by atoms with Crippen LogP contribution in [-0.4, -0.2) is 35.3 Å². The molecule has 0 radical (unpaired) electrons. The van der Waals surface area contributed by atoms with Gasteiger partial charge >= 0.3 is 6.18 Å². The van der Waals surface area contributed by atoms with Crippen LogP contribution >= 0.6 is 0 Å². The Morgan fingerprint density at radius 1 is 1.38 bits per heavy atom. The van der Waals surface area contributed by atoms with E-state index in [-0.39, 0.29) is 11.8 Å². The van der Waals surface area contributed by atoms with Gasteiger partial charge in [0, 0.05) is 19.2 Å². The fraction of sp³-hybridized carbons (Fsp3) is 0.692. The number of nitrogens with one attached hydrogen (secondary N) is 2. The third-order valence-corrected chi connectivity index (χ3v) is 3.20. The first kappa shape index (κ1) is 15.8. The van der Waals surface area contributed by atoms with Crippen molar-refractivity contribution in [3.05, 3.63) is 11.8 Å². The third-order valence-electron chi connectivity index (χ3n) is 3.20. The van der Waals surface area contributed by atoms with Gasteiger partial charge in [0.25, 0.3) is 0 Å². The van der Waals surface area contributed by atoms with E-state index in [9.17, 15) is 13.2 Å². The molecular weight excluding hydrogens is 285 g/mol. The van der Waals surface area contributed by atoms with Gasteiger partial charge in [-0.2, -0.15) is 18.2 Å². The van der Waals surface area contributed by atoms with Crippen molar-refractivity contribution >= 4 is 11.8 Å². The number of hydrogen-bond donors (Lipinski definition) is 2. The molecule has 1 aliphatic rings. The summed E-state index contributed by atoms with van der Waals surface area (Å²) in [6.07, 6.45) is -3.01. The molecule has 8 heteroatoms. The molecule has 1 atom stereocenters. The molecule has 1 aromatic heterocycles. The second-order valence-electron chi connectivity index (χ2n) is 5.37. The van der Waals surface area contributed by atoms with E-state index in [0.29, 0.717) is 19.8 Å². The van der Waals surface area contributed by atoms with Gasteiger partial charge < -0.3 is 15.4 Å². The van der Waals surface area contributed by atoms with E-state index in [1.165, 1.54) is 0 Å². The second-order valence-corrected chi connectivity index (χ2v) is 5.37. The number of aromatic nitrogens is 2. The fourth-order valence-electron chi connectivity index (χ4n) is 2.05. The SMILES string of the molecule is CCCNc1nc(NC2(C)CCOC2)cc(C(F)(F)F)n1. The first-order valence-electron chi connectivity index (χ1n) is 6.88. The van der Waals surface area contributed by atoms with Crippen LogP contribution in [0.4, 0.5) is 24.9 Å². The minimum atomic E-state index is -4.50. The molecule has 21 heavy (non-hydrogen) atoms. The quantitative estimate of drug-likeness (QED) is 0.876. The molecule has 0 amide bonds. The molecule has 1 unspecified atom stereocenters. The van der Waals surface area contributed by atoms with Crippen LogP contribution in [0.3, 0.4) is 0 Å². The molecule has 0 aliphatic carbocycles. The van der Waals surface area contributed by atoms with Crippen LogP contribution in [0.2, 0.25) is 0 Å². The van der Waals surface area contributed by atoms with Crippen LogP contribution in [0.25, 0.3) is 0 Å². The van der Waals surface area contributed by atoms with Crippen LogP contribution in [-0.2, 0) is 10.9 Å². The van der Waals surface area contributed by atoms with Gasteiger partial charge in [-0.15, -0.1) is 0 Å². The van der Waals surface area contributed by atoms with Gasteiger partial charge in [-0.05, 0) is 19.8 Å². The van der Waals surface area contributed by atoms with Gasteiger partial charge in [0.05, 0.1) is 12.1 Å². The Labute approximate surface area is 121 Å². The number of anilines is 2. The summed E-state index contributed by atoms with van der Waals surface area (Å²) in [7, 11) is 0. The van der Waals surface area contributed by atoms with Gasteiger partial charge in [0.15, 0.2) is 5.69 Å². The molecule has 0 spiro atoms. The summed E-state index contributed by atoms with van der Waals surface area (Å²) in [5.41, 5.74) is -1.36. The second kappa shape index (κ2) is 6.05. The number of hydrogen-bond acceptors (Lipinski definition) is 5. The minimum absolute atomic E-state index is 0.0170. The summed E-state index contributed by atoms with van der Waals surface area (Å²) in [5.74, 6) is 0.139. The van der Waals surface area contributed by atoms with Gasteiger partial charge in [-0.3, -0.25) is 0 Å². The van der Waals surface area contributed by atoms with E-state index >= 15 is 0 Å². The highest BCUT2D eigenvalue weighted by molar-refractivity contribution is 5.45. The van der Waals surface area contributed by atoms with Crippen LogP contribution in [0.1, 0.15) is 32.4 Å². The van der Waals surface area contributed by atoms with Gasteiger partial charge in [-0.1, -0.05) is 6.92 Å². The molecule has 5 nitrogen and oxygen atoms in total. The summed E-state index contributed by atoms with van der Waals surface area (Å²) in [6, 6.07) is 0.931. The van der Waals surface area contributed by atoms with Crippen LogP contribution in [0.5, 0.6) is 0 Å². The highest BCUT2D eigenvalue weighted by atomic mass is 19.4. The smallest absolute Gasteiger partial charge is 0.379 e. The lowest BCUT2D eigenvalue weighted by atomic mass is 10.0. The Balaban J connectivity index is 2.26. The van der Waals surface area contributed by atoms with E-state index in [4.69, 9.17) is 4.74 Å². The predicted octanol–water partition coefficient (Wildman–Crippen LogP) is 2.91. The molecule has 0 aromatic carbocycles. The average Bonchev–Trinajstić information content (AvgIpc) is 2.81. The molecule has 1 fully saturated rings. The van der Waals surface area contributed by atoms with E-state index in [2.05, 4.69) is 20.6 Å². The van der Waals surface area contributed by atoms with Crippen molar-refractivity contribution in [3.63, 3.8) is 0 Å². The van der Waals surface area contributed by atoms with Crippen LogP contribution in [0, 0.1) is 0 Å². The average molecular weight is 304 g/mol. The zero-order valence-electron chi connectivity index (χ0n) is 12.0. The zero-order valence-corrected chi connectivity index (χ0v) is 12.0. The van der Waals surface area contributed by atoms with E-state index in [0.717, 1.165) is 18.9 Å². The monoisotopic (exact) mass is 304 g/mol. The first-order valence-corrected chi connectivity index (χ1v) is 6.88. The van der Waals surface area contributed by atoms with Crippen molar-refractivity contribution in [2.45, 2.75) is 38.4 Å². The molecule has 1 aliphatic heterocycles. The fourth-order valence-corrected chi connectivity index (χ4v) is 2.05. The van der Waals surface area contributed by atoms with Gasteiger partial charge in [-0.25, -0.2) is 4.98 Å². The highest BCUT2D eigenvalue weighted by Crippen LogP contribution is 2.31. The van der Waals surface area contributed by atoms with Crippen molar-refractivity contribution in [2.75, 3.05) is 30.4 Å². The molecule has 1 saturated heterocycles. The Bertz CT molecular complexity index is 487. The number of rotatable bonds is 5. The summed E-state index contributed by atoms with van der Waals surface area (Å²) >= 11 is 0. The maximum Gasteiger partial charge on any atom is 0.433 e. The summed E-state index contributed by atoms with van der Waals surface area (Å²) in [6.45, 7) is 5.35. The van der Waals surface area contributed by atoms with E-state index in [1.54, 1.807) is 0 Å². The Hall–Kier alpha value is -1.57. The first-order chi connectivity index (χ1) is 9.82. The Kier molecular flexibility index (Phi) is 4.55. The lowest BCUT2D eigenvalue weighted by Crippen LogP contribution is -2.35. The summed E-state index contributed by atoms with van der Waals surface area (Å²) in [5, 5.41) is 5.82. The zero-order chi connectivity index (χ0) is 15.5. The summed E-state index contributed by atoms with van der Waals surface area (Å²) < 4.78 is 44.0. The molecule has 2 N–H and O–H groups in total. The van der Waals surface area contributed by atoms with Crippen LogP contribution < -0.4 is 10.6 Å². The molecule has 2 rings (SSSR count). The summed E-state index contributed by atoms with van der Waals surface area (Å²) in [4.78, 5) is 7.63. The number of ether oxygens (including phenoxy) is 1. The number of nitrogens with zero attached hydrogens (tertiary/aromatic N) is 2. The van der Waals surface area contributed by atoms with Crippen molar-refractivity contribution in [2.24, 2.45) is 0 Å². The normalized spacial score (nSPS) is 22.3. The standard InChI is InChI=1S/C13H19F3N4O/c1-3-5-17-11-18-9(13(14,15)16)7-10(19-11)20-12(2)4-6-21-8-12/h7H,3-6,8H2,1-2H3,(H2,17,18,19,20). The Morgan fingerprint density at radius 3 is 2.71 bits per heavy atom. The molecule has 118 valence electrons. The predicted molar refractivity (Wildman–Crippen MR) is 73.3 cm³/mol. The van der Waals surface area contributed by atoms with E-state index < -0.39 is 17.4 Å². The minimum Gasteiger partial charge on any atom is -0.379 e. The maximum atomic E-state index is 12.9. The molecular formula is C13H19F3N4O. The molecule has 0 bridgehead atoms. The lowest BCUT2D eigenvalue weighted by Gasteiger charge is -2.24. The number of halogens is 3. The van der Waals surface area contributed by atoms with Crippen molar-refractivity contribution in [3.8, 4) is 0 Å². The lowest BCUT2D eigenvalue weighted by molar-refractivity contribution is -0.141. The topological polar surface area (TPSA) is 59.1 Å². The van der Waals surface area contributed by atoms with Gasteiger partial charge in [0.2, 0.25) is 5.95 Å². The van der Waals surface area contributed by atoms with E-state index in [1.807, 2.05) is 13.8 Å². The largest absolute Gasteiger partial charge is 0.433 e. The van der Waals surface area contributed by atoms with Crippen molar-refractivity contribution in [1.29, 1.82) is 0 Å². The Morgan fingerprint density at radius 2 is 2.14 bits per heavy atom. The molecule has 1 aromatic rings. The van der Waals surface area contributed by atoms with Crippen LogP contribution in [0.15, 0.2) is 6.07 Å². The number of alkyl halides is 3. The van der Waals surface area contributed by atoms with Crippen molar-refractivity contribution < 1.29 is 17.9 Å². The molecule has 2 heterocycles. The molecule has 0 saturated carbocycles. The van der Waals surface area contributed by atoms with Crippen molar-refractivity contribution in [1.82, 2.24) is 9.97 Å². The van der Waals surface area contributed by atoms with Gasteiger partial charge in [0.1, 0.15) is 5.82 Å². The third kappa shape index (κ3) is 4.20. The maximum absolute atomic E-state index is 12.9. The highest BCUT2D eigenvalue weighted by Gasteiger charge is 2.35.